The fourth-order valence-electron chi connectivity index (χ4n) is 1.69. The van der Waals surface area contributed by atoms with Gasteiger partial charge in [-0.3, -0.25) is 14.5 Å². The van der Waals surface area contributed by atoms with Crippen molar-refractivity contribution >= 4 is 24.2 Å². The Hall–Kier alpha value is -0.610. The van der Waals surface area contributed by atoms with Gasteiger partial charge in [-0.1, -0.05) is 0 Å². The van der Waals surface area contributed by atoms with E-state index in [2.05, 4.69) is 0 Å². The predicted molar refractivity (Wildman–Crippen MR) is 54.7 cm³/mol. The molecule has 1 fully saturated rings. The Balaban J connectivity index is 0.00000169. The van der Waals surface area contributed by atoms with E-state index in [1.54, 1.807) is 6.92 Å². The third-order valence-corrected chi connectivity index (χ3v) is 2.52. The van der Waals surface area contributed by atoms with Gasteiger partial charge in [0.05, 0.1) is 6.54 Å². The Kier molecular flexibility index (Phi) is 5.72. The molecular formula is C9H16ClNO3. The normalized spacial score (nSPS) is 18.6. The first-order chi connectivity index (χ1) is 6.09. The number of carboxylic acids is 1. The Morgan fingerprint density at radius 1 is 1.36 bits per heavy atom. The van der Waals surface area contributed by atoms with Crippen LogP contribution in [-0.2, 0) is 9.59 Å². The zero-order chi connectivity index (χ0) is 9.84. The average Bonchev–Trinajstić information content (AvgIpc) is 2.04. The first-order valence-electron chi connectivity index (χ1n) is 4.54. The van der Waals surface area contributed by atoms with E-state index in [1.807, 2.05) is 4.90 Å². The highest BCUT2D eigenvalue weighted by atomic mass is 35.5. The molecule has 0 aromatic rings. The smallest absolute Gasteiger partial charge is 0.317 e. The summed E-state index contributed by atoms with van der Waals surface area (Å²) in [5.74, 6) is -0.402. The molecule has 82 valence electrons. The van der Waals surface area contributed by atoms with Crippen molar-refractivity contribution in [2.45, 2.75) is 19.8 Å². The van der Waals surface area contributed by atoms with Crippen molar-refractivity contribution in [3.63, 3.8) is 0 Å². The fourth-order valence-corrected chi connectivity index (χ4v) is 1.69. The van der Waals surface area contributed by atoms with Gasteiger partial charge in [0.25, 0.3) is 0 Å². The number of rotatable bonds is 3. The molecule has 0 spiro atoms. The lowest BCUT2D eigenvalue weighted by atomic mass is 9.93. The summed E-state index contributed by atoms with van der Waals surface area (Å²) in [6.45, 7) is 3.18. The molecule has 4 nitrogen and oxygen atoms in total. The molecule has 0 radical (unpaired) electrons. The van der Waals surface area contributed by atoms with E-state index in [1.165, 1.54) is 0 Å². The van der Waals surface area contributed by atoms with Crippen LogP contribution in [0.2, 0.25) is 0 Å². The minimum absolute atomic E-state index is 0. The van der Waals surface area contributed by atoms with Crippen molar-refractivity contribution in [3.8, 4) is 0 Å². The quantitative estimate of drug-likeness (QED) is 0.766. The minimum Gasteiger partial charge on any atom is -0.480 e. The van der Waals surface area contributed by atoms with E-state index in [-0.39, 0.29) is 30.7 Å². The molecule has 14 heavy (non-hydrogen) atoms. The fraction of sp³-hybridized carbons (Fsp3) is 0.778. The van der Waals surface area contributed by atoms with Crippen LogP contribution in [0.5, 0.6) is 0 Å². The number of aliphatic carboxylic acids is 1. The minimum atomic E-state index is -0.790. The SMILES string of the molecule is CC(=O)C1CCN(CC(=O)O)CC1.Cl. The number of carboxylic acid groups (broad SMARTS) is 1. The molecule has 0 atom stereocenters. The molecule has 1 saturated heterocycles. The van der Waals surface area contributed by atoms with E-state index >= 15 is 0 Å². The number of piperidine rings is 1. The number of halogens is 1. The Bertz CT molecular complexity index is 212. The van der Waals surface area contributed by atoms with Crippen molar-refractivity contribution in [2.24, 2.45) is 5.92 Å². The molecule has 1 heterocycles. The van der Waals surface area contributed by atoms with E-state index in [9.17, 15) is 9.59 Å². The monoisotopic (exact) mass is 221 g/mol. The van der Waals surface area contributed by atoms with Gasteiger partial charge in [0.2, 0.25) is 0 Å². The molecule has 0 amide bonds. The van der Waals surface area contributed by atoms with E-state index in [4.69, 9.17) is 5.11 Å². The van der Waals surface area contributed by atoms with E-state index in [0.717, 1.165) is 25.9 Å². The van der Waals surface area contributed by atoms with Gasteiger partial charge in [0.15, 0.2) is 0 Å². The number of ketones is 1. The summed E-state index contributed by atoms with van der Waals surface area (Å²) >= 11 is 0. The average molecular weight is 222 g/mol. The summed E-state index contributed by atoms with van der Waals surface area (Å²) in [5.41, 5.74) is 0. The van der Waals surface area contributed by atoms with Gasteiger partial charge < -0.3 is 5.11 Å². The lowest BCUT2D eigenvalue weighted by molar-refractivity contribution is -0.138. The third kappa shape index (κ3) is 4.07. The van der Waals surface area contributed by atoms with Crippen molar-refractivity contribution in [2.75, 3.05) is 19.6 Å². The van der Waals surface area contributed by atoms with E-state index < -0.39 is 5.97 Å². The summed E-state index contributed by atoms with van der Waals surface area (Å²) in [6, 6.07) is 0. The number of Topliss-reactive ketones (excluding diaryl/α,β-unsaturated/α-hetero) is 1. The first-order valence-corrected chi connectivity index (χ1v) is 4.54. The maximum atomic E-state index is 11.0. The number of hydrogen-bond donors (Lipinski definition) is 1. The molecule has 1 rings (SSSR count). The Labute approximate surface area is 89.7 Å². The highest BCUT2D eigenvalue weighted by Crippen LogP contribution is 2.17. The highest BCUT2D eigenvalue weighted by molar-refractivity contribution is 5.85. The van der Waals surface area contributed by atoms with Crippen LogP contribution in [0.15, 0.2) is 0 Å². The molecule has 0 unspecified atom stereocenters. The Morgan fingerprint density at radius 2 is 1.86 bits per heavy atom. The van der Waals surface area contributed by atoms with Crippen LogP contribution in [0.4, 0.5) is 0 Å². The standard InChI is InChI=1S/C9H15NO3.ClH/c1-7(11)8-2-4-10(5-3-8)6-9(12)13;/h8H,2-6H2,1H3,(H,12,13);1H. The second kappa shape index (κ2) is 5.98. The number of carbonyl (C=O) groups is 2. The number of hydrogen-bond acceptors (Lipinski definition) is 3. The molecule has 0 saturated carbocycles. The van der Waals surface area contributed by atoms with E-state index in [0.29, 0.717) is 0 Å². The largest absolute Gasteiger partial charge is 0.480 e. The lowest BCUT2D eigenvalue weighted by Crippen LogP contribution is -2.38. The van der Waals surface area contributed by atoms with Crippen LogP contribution < -0.4 is 0 Å². The Morgan fingerprint density at radius 3 is 2.21 bits per heavy atom. The van der Waals surface area contributed by atoms with Crippen LogP contribution in [0.25, 0.3) is 0 Å². The highest BCUT2D eigenvalue weighted by Gasteiger charge is 2.22. The van der Waals surface area contributed by atoms with Crippen molar-refractivity contribution in [1.82, 2.24) is 4.90 Å². The number of likely N-dealkylation sites (tertiary alicyclic amines) is 1. The second-order valence-electron chi connectivity index (χ2n) is 3.55. The van der Waals surface area contributed by atoms with Crippen LogP contribution in [0, 0.1) is 5.92 Å². The molecule has 1 N–H and O–H groups in total. The zero-order valence-electron chi connectivity index (χ0n) is 8.23. The van der Waals surface area contributed by atoms with Gasteiger partial charge in [-0.2, -0.15) is 0 Å². The van der Waals surface area contributed by atoms with Gasteiger partial charge in [-0.15, -0.1) is 12.4 Å². The summed E-state index contributed by atoms with van der Waals surface area (Å²) < 4.78 is 0. The summed E-state index contributed by atoms with van der Waals surface area (Å²) in [6.07, 6.45) is 1.62. The zero-order valence-corrected chi connectivity index (χ0v) is 9.05. The first kappa shape index (κ1) is 13.4. The van der Waals surface area contributed by atoms with Crippen LogP contribution in [-0.4, -0.2) is 41.4 Å². The summed E-state index contributed by atoms with van der Waals surface area (Å²) in [5, 5.41) is 8.53. The van der Waals surface area contributed by atoms with Crippen molar-refractivity contribution < 1.29 is 14.7 Å². The molecule has 0 aliphatic carbocycles. The molecule has 1 aliphatic rings. The van der Waals surface area contributed by atoms with Gasteiger partial charge in [0.1, 0.15) is 5.78 Å². The molecule has 0 bridgehead atoms. The lowest BCUT2D eigenvalue weighted by Gasteiger charge is -2.29. The molecule has 0 aromatic carbocycles. The topological polar surface area (TPSA) is 57.6 Å². The number of carbonyl (C=O) groups excluding carboxylic acids is 1. The molecule has 0 aromatic heterocycles. The maximum absolute atomic E-state index is 11.0. The third-order valence-electron chi connectivity index (χ3n) is 2.52. The molecule has 1 aliphatic heterocycles. The van der Waals surface area contributed by atoms with Gasteiger partial charge in [0, 0.05) is 5.92 Å². The van der Waals surface area contributed by atoms with Crippen LogP contribution in [0.1, 0.15) is 19.8 Å². The van der Waals surface area contributed by atoms with Crippen LogP contribution in [0.3, 0.4) is 0 Å². The van der Waals surface area contributed by atoms with Crippen molar-refractivity contribution in [3.05, 3.63) is 0 Å². The number of nitrogens with zero attached hydrogens (tertiary/aromatic N) is 1. The molecular weight excluding hydrogens is 206 g/mol. The molecule has 5 heteroatoms. The maximum Gasteiger partial charge on any atom is 0.317 e. The van der Waals surface area contributed by atoms with Crippen molar-refractivity contribution in [1.29, 1.82) is 0 Å². The second-order valence-corrected chi connectivity index (χ2v) is 3.55. The van der Waals surface area contributed by atoms with Gasteiger partial charge >= 0.3 is 5.97 Å². The summed E-state index contributed by atoms with van der Waals surface area (Å²) in [4.78, 5) is 23.2. The van der Waals surface area contributed by atoms with Gasteiger partial charge in [-0.25, -0.2) is 0 Å². The predicted octanol–water partition coefficient (Wildman–Crippen LogP) is 0.794. The van der Waals surface area contributed by atoms with Gasteiger partial charge in [-0.05, 0) is 32.9 Å². The summed E-state index contributed by atoms with van der Waals surface area (Å²) in [7, 11) is 0. The van der Waals surface area contributed by atoms with Crippen LogP contribution >= 0.6 is 12.4 Å².